The van der Waals surface area contributed by atoms with Crippen molar-refractivity contribution in [3.05, 3.63) is 81.6 Å². The Morgan fingerprint density at radius 2 is 1.96 bits per heavy atom. The monoisotopic (exact) mass is 356 g/mol. The Bertz CT molecular complexity index is 862. The minimum Gasteiger partial charge on any atom is -0.496 e. The molecule has 3 rings (SSSR count). The van der Waals surface area contributed by atoms with E-state index in [1.165, 1.54) is 30.6 Å². The summed E-state index contributed by atoms with van der Waals surface area (Å²) in [6, 6.07) is 13.5. The first-order chi connectivity index (χ1) is 12.2. The fourth-order valence-electron chi connectivity index (χ4n) is 2.40. The van der Waals surface area contributed by atoms with Gasteiger partial charge in [0.1, 0.15) is 16.6 Å². The van der Waals surface area contributed by atoms with Crippen molar-refractivity contribution in [1.82, 2.24) is 10.3 Å². The number of aromatic nitrogens is 1. The van der Waals surface area contributed by atoms with Crippen LogP contribution >= 0.6 is 11.3 Å². The molecule has 1 N–H and O–H groups in total. The molecule has 0 unspecified atom stereocenters. The molecule has 0 spiro atoms. The van der Waals surface area contributed by atoms with Crippen molar-refractivity contribution in [2.45, 2.75) is 13.0 Å². The molecular weight excluding hydrogens is 339 g/mol. The maximum absolute atomic E-state index is 12.9. The summed E-state index contributed by atoms with van der Waals surface area (Å²) in [5, 5.41) is 3.67. The lowest BCUT2D eigenvalue weighted by molar-refractivity contribution is 0.0948. The number of nitrogens with zero attached hydrogens (tertiary/aromatic N) is 1. The van der Waals surface area contributed by atoms with E-state index in [2.05, 4.69) is 10.3 Å². The van der Waals surface area contributed by atoms with Gasteiger partial charge in [-0.2, -0.15) is 0 Å². The number of methoxy groups -OCH3 is 1. The predicted octanol–water partition coefficient (Wildman–Crippen LogP) is 3.81. The summed E-state index contributed by atoms with van der Waals surface area (Å²) in [6.07, 6.45) is 2.48. The molecule has 128 valence electrons. The highest BCUT2D eigenvalue weighted by Crippen LogP contribution is 2.19. The second kappa shape index (κ2) is 7.90. The zero-order valence-corrected chi connectivity index (χ0v) is 14.5. The zero-order chi connectivity index (χ0) is 17.6. The molecule has 0 saturated carbocycles. The van der Waals surface area contributed by atoms with Gasteiger partial charge in [0.25, 0.3) is 5.91 Å². The Balaban J connectivity index is 1.60. The van der Waals surface area contributed by atoms with Crippen LogP contribution in [0.2, 0.25) is 0 Å². The lowest BCUT2D eigenvalue weighted by Gasteiger charge is -2.07. The van der Waals surface area contributed by atoms with Crippen LogP contribution in [0.15, 0.2) is 54.7 Å². The summed E-state index contributed by atoms with van der Waals surface area (Å²) < 4.78 is 18.1. The van der Waals surface area contributed by atoms with Crippen LogP contribution in [0.5, 0.6) is 5.75 Å². The number of carbonyl (C=O) groups excluding carboxylic acids is 1. The van der Waals surface area contributed by atoms with Gasteiger partial charge in [0.2, 0.25) is 0 Å². The van der Waals surface area contributed by atoms with Gasteiger partial charge in [0, 0.05) is 17.5 Å². The van der Waals surface area contributed by atoms with Crippen molar-refractivity contribution in [2.24, 2.45) is 0 Å². The van der Waals surface area contributed by atoms with Crippen LogP contribution in [-0.2, 0) is 13.0 Å². The predicted molar refractivity (Wildman–Crippen MR) is 95.5 cm³/mol. The average Bonchev–Trinajstić information content (AvgIpc) is 3.09. The Morgan fingerprint density at radius 1 is 1.20 bits per heavy atom. The van der Waals surface area contributed by atoms with E-state index in [1.54, 1.807) is 36.5 Å². The largest absolute Gasteiger partial charge is 0.496 e. The van der Waals surface area contributed by atoms with Gasteiger partial charge < -0.3 is 10.1 Å². The number of carbonyl (C=O) groups is 1. The number of nitrogens with one attached hydrogen (secondary N) is 1. The molecule has 1 amide bonds. The maximum atomic E-state index is 12.9. The van der Waals surface area contributed by atoms with E-state index in [-0.39, 0.29) is 11.7 Å². The van der Waals surface area contributed by atoms with E-state index in [1.807, 2.05) is 6.07 Å². The van der Waals surface area contributed by atoms with Crippen LogP contribution in [-0.4, -0.2) is 18.0 Å². The molecule has 0 aliphatic rings. The summed E-state index contributed by atoms with van der Waals surface area (Å²) in [4.78, 5) is 17.7. The number of hydrogen-bond donors (Lipinski definition) is 1. The second-order valence-corrected chi connectivity index (χ2v) is 6.61. The molecule has 6 heteroatoms. The molecule has 0 radical (unpaired) electrons. The van der Waals surface area contributed by atoms with E-state index in [4.69, 9.17) is 4.74 Å². The number of rotatable bonds is 6. The molecule has 4 nitrogen and oxygen atoms in total. The molecule has 0 aliphatic heterocycles. The number of amides is 1. The van der Waals surface area contributed by atoms with Gasteiger partial charge in [-0.05, 0) is 29.8 Å². The van der Waals surface area contributed by atoms with Gasteiger partial charge in [-0.25, -0.2) is 9.37 Å². The number of benzene rings is 2. The molecule has 2 aromatic carbocycles. The average molecular weight is 356 g/mol. The number of thiazole rings is 1. The number of para-hydroxylation sites is 1. The minimum absolute atomic E-state index is 0.201. The Hall–Kier alpha value is -2.73. The molecule has 0 atom stereocenters. The van der Waals surface area contributed by atoms with Crippen LogP contribution in [0, 0.1) is 5.82 Å². The highest BCUT2D eigenvalue weighted by molar-refractivity contribution is 7.11. The Labute approximate surface area is 149 Å². The van der Waals surface area contributed by atoms with Crippen LogP contribution in [0.4, 0.5) is 4.39 Å². The Kier molecular flexibility index (Phi) is 5.40. The minimum atomic E-state index is -0.243. The van der Waals surface area contributed by atoms with Gasteiger partial charge in [0.05, 0.1) is 19.2 Å². The summed E-state index contributed by atoms with van der Waals surface area (Å²) in [7, 11) is 1.54. The van der Waals surface area contributed by atoms with Gasteiger partial charge in [-0.1, -0.05) is 24.3 Å². The molecule has 0 saturated heterocycles. The molecule has 3 aromatic rings. The van der Waals surface area contributed by atoms with Crippen LogP contribution in [0.3, 0.4) is 0 Å². The van der Waals surface area contributed by atoms with Crippen LogP contribution in [0.25, 0.3) is 0 Å². The normalized spacial score (nSPS) is 10.5. The van der Waals surface area contributed by atoms with Crippen LogP contribution < -0.4 is 10.1 Å². The first kappa shape index (κ1) is 17.1. The third-order valence-electron chi connectivity index (χ3n) is 3.64. The zero-order valence-electron chi connectivity index (χ0n) is 13.7. The first-order valence-electron chi connectivity index (χ1n) is 7.75. The summed E-state index contributed by atoms with van der Waals surface area (Å²) in [5.41, 5.74) is 1.52. The topological polar surface area (TPSA) is 51.2 Å². The molecule has 25 heavy (non-hydrogen) atoms. The lowest BCUT2D eigenvalue weighted by Crippen LogP contribution is -2.23. The van der Waals surface area contributed by atoms with Crippen molar-refractivity contribution in [1.29, 1.82) is 0 Å². The van der Waals surface area contributed by atoms with Crippen LogP contribution in [0.1, 0.15) is 25.8 Å². The highest BCUT2D eigenvalue weighted by atomic mass is 32.1. The summed E-state index contributed by atoms with van der Waals surface area (Å²) in [5.74, 6) is 0.0941. The van der Waals surface area contributed by atoms with E-state index >= 15 is 0 Å². The molecular formula is C19H17FN2O2S. The van der Waals surface area contributed by atoms with E-state index in [9.17, 15) is 9.18 Å². The van der Waals surface area contributed by atoms with E-state index in [0.717, 1.165) is 15.4 Å². The quantitative estimate of drug-likeness (QED) is 0.731. The van der Waals surface area contributed by atoms with Crippen molar-refractivity contribution in [3.8, 4) is 5.75 Å². The molecule has 0 fully saturated rings. The van der Waals surface area contributed by atoms with E-state index < -0.39 is 0 Å². The second-order valence-electron chi connectivity index (χ2n) is 5.41. The number of hydrogen-bond acceptors (Lipinski definition) is 4. The molecule has 0 aliphatic carbocycles. The molecule has 1 heterocycles. The van der Waals surface area contributed by atoms with Gasteiger partial charge in [-0.15, -0.1) is 11.3 Å². The van der Waals surface area contributed by atoms with Gasteiger partial charge in [-0.3, -0.25) is 4.79 Å². The maximum Gasteiger partial charge on any atom is 0.255 e. The fraction of sp³-hybridized carbons (Fsp3) is 0.158. The Morgan fingerprint density at radius 3 is 2.72 bits per heavy atom. The lowest BCUT2D eigenvalue weighted by atomic mass is 10.1. The number of halogens is 1. The SMILES string of the molecule is COc1ccccc1C(=O)NCc1ncc(Cc2ccc(F)cc2)s1. The summed E-state index contributed by atoms with van der Waals surface area (Å²) in [6.45, 7) is 0.352. The molecule has 1 aromatic heterocycles. The van der Waals surface area contributed by atoms with Crippen molar-refractivity contribution >= 4 is 17.2 Å². The van der Waals surface area contributed by atoms with Crippen molar-refractivity contribution in [3.63, 3.8) is 0 Å². The van der Waals surface area contributed by atoms with E-state index in [0.29, 0.717) is 24.3 Å². The highest BCUT2D eigenvalue weighted by Gasteiger charge is 2.12. The van der Waals surface area contributed by atoms with Gasteiger partial charge in [0.15, 0.2) is 0 Å². The summed E-state index contributed by atoms with van der Waals surface area (Å²) >= 11 is 1.53. The van der Waals surface area contributed by atoms with Crippen molar-refractivity contribution < 1.29 is 13.9 Å². The number of ether oxygens (including phenoxy) is 1. The standard InChI is InChI=1S/C19H17FN2O2S/c1-24-17-5-3-2-4-16(17)19(23)22-12-18-21-11-15(25-18)10-13-6-8-14(20)9-7-13/h2-9,11H,10,12H2,1H3,(H,22,23). The smallest absolute Gasteiger partial charge is 0.255 e. The fourth-order valence-corrected chi connectivity index (χ4v) is 3.29. The van der Waals surface area contributed by atoms with Gasteiger partial charge >= 0.3 is 0 Å². The third-order valence-corrected chi connectivity index (χ3v) is 4.64. The van der Waals surface area contributed by atoms with Crippen molar-refractivity contribution in [2.75, 3.05) is 7.11 Å². The first-order valence-corrected chi connectivity index (χ1v) is 8.56. The third kappa shape index (κ3) is 4.42. The molecule has 0 bridgehead atoms.